The van der Waals surface area contributed by atoms with Crippen molar-refractivity contribution in [2.75, 3.05) is 7.11 Å². The third-order valence-electron chi connectivity index (χ3n) is 3.29. The summed E-state index contributed by atoms with van der Waals surface area (Å²) in [6, 6.07) is 12.3. The number of nitrogens with one attached hydrogen (secondary N) is 1. The van der Waals surface area contributed by atoms with Crippen molar-refractivity contribution < 1.29 is 14.7 Å². The molecule has 6 nitrogen and oxygen atoms in total. The lowest BCUT2D eigenvalue weighted by Gasteiger charge is -2.08. The molecule has 3 rings (SSSR count). The summed E-state index contributed by atoms with van der Waals surface area (Å²) >= 11 is 0. The molecule has 110 valence electrons. The fraction of sp³-hybridized carbons (Fsp3) is 0.0625. The van der Waals surface area contributed by atoms with Crippen LogP contribution in [0.3, 0.4) is 0 Å². The molecule has 0 fully saturated rings. The van der Waals surface area contributed by atoms with Crippen LogP contribution in [0.5, 0.6) is 5.75 Å². The first kappa shape index (κ1) is 14.0. The number of carbonyl (C=O) groups is 1. The number of para-hydroxylation sites is 1. The van der Waals surface area contributed by atoms with Gasteiger partial charge in [0.25, 0.3) is 5.91 Å². The lowest BCUT2D eigenvalue weighted by Crippen LogP contribution is -2.18. The van der Waals surface area contributed by atoms with Crippen molar-refractivity contribution in [1.29, 1.82) is 0 Å². The maximum Gasteiger partial charge on any atom is 0.274 e. The number of methoxy groups -OCH3 is 1. The second-order valence-electron chi connectivity index (χ2n) is 4.60. The van der Waals surface area contributed by atoms with Gasteiger partial charge in [0.2, 0.25) is 0 Å². The SMILES string of the molecule is COc1ccccc1-c1cnc2ccc(C(=O)NO)cc2n1. The number of benzene rings is 2. The Hall–Kier alpha value is -2.99. The maximum atomic E-state index is 11.5. The number of carbonyl (C=O) groups excluding carboxylic acids is 1. The van der Waals surface area contributed by atoms with Crippen molar-refractivity contribution >= 4 is 16.9 Å². The third kappa shape index (κ3) is 2.47. The zero-order valence-corrected chi connectivity index (χ0v) is 11.8. The van der Waals surface area contributed by atoms with Gasteiger partial charge in [-0.3, -0.25) is 15.0 Å². The van der Waals surface area contributed by atoms with E-state index in [9.17, 15) is 4.79 Å². The topological polar surface area (TPSA) is 84.3 Å². The Balaban J connectivity index is 2.14. The summed E-state index contributed by atoms with van der Waals surface area (Å²) in [5.74, 6) is 0.104. The molecule has 0 aliphatic heterocycles. The number of hydroxylamine groups is 1. The van der Waals surface area contributed by atoms with Crippen LogP contribution >= 0.6 is 0 Å². The summed E-state index contributed by atoms with van der Waals surface area (Å²) in [7, 11) is 1.59. The second-order valence-corrected chi connectivity index (χ2v) is 4.60. The van der Waals surface area contributed by atoms with E-state index in [1.807, 2.05) is 24.3 Å². The molecule has 22 heavy (non-hydrogen) atoms. The summed E-state index contributed by atoms with van der Waals surface area (Å²) < 4.78 is 5.33. The van der Waals surface area contributed by atoms with Crippen molar-refractivity contribution in [3.63, 3.8) is 0 Å². The Bertz CT molecular complexity index is 849. The van der Waals surface area contributed by atoms with E-state index in [0.717, 1.165) is 5.56 Å². The number of fused-ring (bicyclic) bond motifs is 1. The molecule has 2 aromatic carbocycles. The van der Waals surface area contributed by atoms with E-state index in [4.69, 9.17) is 9.94 Å². The lowest BCUT2D eigenvalue weighted by atomic mass is 10.1. The number of rotatable bonds is 3. The van der Waals surface area contributed by atoms with Gasteiger partial charge in [0.1, 0.15) is 5.75 Å². The van der Waals surface area contributed by atoms with Crippen molar-refractivity contribution in [3.05, 3.63) is 54.2 Å². The second kappa shape index (κ2) is 5.79. The molecule has 0 aliphatic rings. The largest absolute Gasteiger partial charge is 0.496 e. The van der Waals surface area contributed by atoms with E-state index < -0.39 is 5.91 Å². The molecule has 2 N–H and O–H groups in total. The molecular formula is C16H13N3O3. The molecule has 1 aromatic heterocycles. The van der Waals surface area contributed by atoms with Gasteiger partial charge in [-0.15, -0.1) is 0 Å². The predicted molar refractivity (Wildman–Crippen MR) is 80.8 cm³/mol. The zero-order valence-electron chi connectivity index (χ0n) is 11.8. The van der Waals surface area contributed by atoms with Gasteiger partial charge in [0, 0.05) is 11.1 Å². The highest BCUT2D eigenvalue weighted by Crippen LogP contribution is 2.28. The molecule has 3 aromatic rings. The van der Waals surface area contributed by atoms with Gasteiger partial charge in [0.05, 0.1) is 30.0 Å². The van der Waals surface area contributed by atoms with Gasteiger partial charge in [-0.25, -0.2) is 10.5 Å². The van der Waals surface area contributed by atoms with Gasteiger partial charge >= 0.3 is 0 Å². The molecule has 0 radical (unpaired) electrons. The average Bonchev–Trinajstić information content (AvgIpc) is 2.60. The number of hydrogen-bond acceptors (Lipinski definition) is 5. The highest BCUT2D eigenvalue weighted by molar-refractivity contribution is 5.96. The summed E-state index contributed by atoms with van der Waals surface area (Å²) in [5.41, 5.74) is 4.59. The van der Waals surface area contributed by atoms with Crippen molar-refractivity contribution in [3.8, 4) is 17.0 Å². The first-order valence-electron chi connectivity index (χ1n) is 6.57. The maximum absolute atomic E-state index is 11.5. The zero-order chi connectivity index (χ0) is 15.5. The normalized spacial score (nSPS) is 10.5. The number of nitrogens with zero attached hydrogens (tertiary/aromatic N) is 2. The molecule has 1 heterocycles. The molecule has 0 saturated heterocycles. The van der Waals surface area contributed by atoms with Crippen LogP contribution in [0.2, 0.25) is 0 Å². The Morgan fingerprint density at radius 1 is 1.18 bits per heavy atom. The number of amides is 1. The molecule has 0 spiro atoms. The Morgan fingerprint density at radius 2 is 2.00 bits per heavy atom. The molecule has 6 heteroatoms. The molecule has 0 bridgehead atoms. The van der Waals surface area contributed by atoms with Gasteiger partial charge in [0.15, 0.2) is 0 Å². The van der Waals surface area contributed by atoms with Crippen LogP contribution in [-0.4, -0.2) is 28.2 Å². The molecule has 0 unspecified atom stereocenters. The quantitative estimate of drug-likeness (QED) is 0.572. The van der Waals surface area contributed by atoms with E-state index in [1.165, 1.54) is 0 Å². The standard InChI is InChI=1S/C16H13N3O3/c1-22-15-5-3-2-4-11(15)14-9-17-12-7-6-10(16(20)19-21)8-13(12)18-14/h2-9,21H,1H3,(H,19,20). The molecule has 0 atom stereocenters. The third-order valence-corrected chi connectivity index (χ3v) is 3.29. The molecule has 1 amide bonds. The van der Waals surface area contributed by atoms with Crippen LogP contribution in [-0.2, 0) is 0 Å². The Labute approximate surface area is 126 Å². The fourth-order valence-electron chi connectivity index (χ4n) is 2.20. The van der Waals surface area contributed by atoms with Gasteiger partial charge in [-0.1, -0.05) is 12.1 Å². The Morgan fingerprint density at radius 3 is 2.77 bits per heavy atom. The van der Waals surface area contributed by atoms with Crippen LogP contribution in [0.1, 0.15) is 10.4 Å². The lowest BCUT2D eigenvalue weighted by molar-refractivity contribution is 0.0706. The van der Waals surface area contributed by atoms with E-state index >= 15 is 0 Å². The monoisotopic (exact) mass is 295 g/mol. The highest BCUT2D eigenvalue weighted by Gasteiger charge is 2.10. The number of ether oxygens (including phenoxy) is 1. The van der Waals surface area contributed by atoms with Crippen LogP contribution < -0.4 is 10.2 Å². The van der Waals surface area contributed by atoms with Crippen LogP contribution in [0, 0.1) is 0 Å². The van der Waals surface area contributed by atoms with Crippen LogP contribution in [0.4, 0.5) is 0 Å². The van der Waals surface area contributed by atoms with Crippen LogP contribution in [0.25, 0.3) is 22.3 Å². The summed E-state index contributed by atoms with van der Waals surface area (Å²) in [6.07, 6.45) is 1.66. The van der Waals surface area contributed by atoms with Crippen molar-refractivity contribution in [2.45, 2.75) is 0 Å². The highest BCUT2D eigenvalue weighted by atomic mass is 16.5. The van der Waals surface area contributed by atoms with E-state index in [2.05, 4.69) is 9.97 Å². The summed E-state index contributed by atoms with van der Waals surface area (Å²) in [6.45, 7) is 0. The van der Waals surface area contributed by atoms with Crippen LogP contribution in [0.15, 0.2) is 48.7 Å². The summed E-state index contributed by atoms with van der Waals surface area (Å²) in [4.78, 5) is 20.4. The molecule has 0 saturated carbocycles. The van der Waals surface area contributed by atoms with E-state index in [1.54, 1.807) is 37.0 Å². The van der Waals surface area contributed by atoms with Gasteiger partial charge < -0.3 is 4.74 Å². The minimum absolute atomic E-state index is 0.307. The first-order chi connectivity index (χ1) is 10.7. The van der Waals surface area contributed by atoms with E-state index in [0.29, 0.717) is 28.0 Å². The molecule has 0 aliphatic carbocycles. The van der Waals surface area contributed by atoms with Gasteiger partial charge in [-0.2, -0.15) is 0 Å². The van der Waals surface area contributed by atoms with Crippen molar-refractivity contribution in [1.82, 2.24) is 15.4 Å². The minimum atomic E-state index is -0.591. The summed E-state index contributed by atoms with van der Waals surface area (Å²) in [5, 5.41) is 8.71. The first-order valence-corrected chi connectivity index (χ1v) is 6.57. The smallest absolute Gasteiger partial charge is 0.274 e. The predicted octanol–water partition coefficient (Wildman–Crippen LogP) is 2.42. The van der Waals surface area contributed by atoms with Gasteiger partial charge in [-0.05, 0) is 30.3 Å². The van der Waals surface area contributed by atoms with Crippen molar-refractivity contribution in [2.24, 2.45) is 0 Å². The Kier molecular flexibility index (Phi) is 3.67. The number of aromatic nitrogens is 2. The van der Waals surface area contributed by atoms with E-state index in [-0.39, 0.29) is 0 Å². The minimum Gasteiger partial charge on any atom is -0.496 e. The fourth-order valence-corrected chi connectivity index (χ4v) is 2.20. The number of hydrogen-bond donors (Lipinski definition) is 2. The average molecular weight is 295 g/mol. The molecular weight excluding hydrogens is 282 g/mol.